The van der Waals surface area contributed by atoms with Gasteiger partial charge in [-0.15, -0.1) is 0 Å². The summed E-state index contributed by atoms with van der Waals surface area (Å²) in [6.07, 6.45) is 0. The van der Waals surface area contributed by atoms with Crippen LogP contribution in [-0.2, 0) is 6.54 Å². The Morgan fingerprint density at radius 1 is 1.42 bits per heavy atom. The Morgan fingerprint density at radius 3 is 3.00 bits per heavy atom. The van der Waals surface area contributed by atoms with E-state index in [1.807, 2.05) is 18.2 Å². The molecule has 0 aliphatic rings. The monoisotopic (exact) mass is 314 g/mol. The number of rotatable bonds is 2. The van der Waals surface area contributed by atoms with Gasteiger partial charge in [0.15, 0.2) is 11.5 Å². The maximum absolute atomic E-state index is 9.24. The first-order chi connectivity index (χ1) is 9.22. The van der Waals surface area contributed by atoms with E-state index in [1.165, 1.54) is 0 Å². The summed E-state index contributed by atoms with van der Waals surface area (Å²) >= 11 is 3.40. The first-order valence-electron chi connectivity index (χ1n) is 5.44. The lowest BCUT2D eigenvalue weighted by Crippen LogP contribution is -1.96. The Bertz CT molecular complexity index is 847. The number of hydrogen-bond donors (Lipinski definition) is 0. The molecule has 0 bridgehead atoms. The third kappa shape index (κ3) is 1.88. The molecule has 3 rings (SSSR count). The highest BCUT2D eigenvalue weighted by Crippen LogP contribution is 2.31. The molecular weight excluding hydrogens is 308 g/mol. The average molecular weight is 315 g/mol. The molecule has 6 heteroatoms. The van der Waals surface area contributed by atoms with Crippen LogP contribution in [0.25, 0.3) is 22.1 Å². The van der Waals surface area contributed by atoms with Crippen LogP contribution in [0.15, 0.2) is 32.1 Å². The van der Waals surface area contributed by atoms with Crippen LogP contribution in [0.4, 0.5) is 0 Å². The Labute approximate surface area is 116 Å². The van der Waals surface area contributed by atoms with Gasteiger partial charge in [-0.3, -0.25) is 4.99 Å². The van der Waals surface area contributed by atoms with E-state index in [-0.39, 0.29) is 6.54 Å². The summed E-state index contributed by atoms with van der Waals surface area (Å²) in [4.78, 5) is 12.2. The topological polar surface area (TPSA) is 75.1 Å². The standard InChI is InChI=1S/C13H7BrN4O/c1-16-6-11-17-9(5-15)12-8-4-7(14)2-3-10(8)19-13(12)18-11/h2-4H,1,6H2. The molecule has 2 aromatic heterocycles. The van der Waals surface area contributed by atoms with Gasteiger partial charge in [0.05, 0.1) is 11.9 Å². The summed E-state index contributed by atoms with van der Waals surface area (Å²) in [6.45, 7) is 3.65. The number of aliphatic imine (C=N–C) groups is 1. The lowest BCUT2D eigenvalue weighted by atomic mass is 10.2. The highest BCUT2D eigenvalue weighted by molar-refractivity contribution is 9.10. The molecule has 0 saturated carbocycles. The van der Waals surface area contributed by atoms with Crippen molar-refractivity contribution in [3.63, 3.8) is 0 Å². The molecule has 0 radical (unpaired) electrons. The minimum absolute atomic E-state index is 0.255. The Morgan fingerprint density at radius 2 is 2.26 bits per heavy atom. The molecular formula is C13H7BrN4O. The minimum atomic E-state index is 0.255. The molecule has 92 valence electrons. The van der Waals surface area contributed by atoms with E-state index in [0.717, 1.165) is 9.86 Å². The number of nitriles is 1. The minimum Gasteiger partial charge on any atom is -0.438 e. The van der Waals surface area contributed by atoms with Crippen molar-refractivity contribution in [3.8, 4) is 6.07 Å². The number of hydrogen-bond acceptors (Lipinski definition) is 5. The van der Waals surface area contributed by atoms with Gasteiger partial charge in [0, 0.05) is 9.86 Å². The first kappa shape index (κ1) is 11.8. The second-order valence-electron chi connectivity index (χ2n) is 3.90. The van der Waals surface area contributed by atoms with E-state index in [0.29, 0.717) is 28.2 Å². The van der Waals surface area contributed by atoms with Crippen LogP contribution in [0.5, 0.6) is 0 Å². The van der Waals surface area contributed by atoms with Crippen molar-refractivity contribution in [2.24, 2.45) is 4.99 Å². The maximum Gasteiger partial charge on any atom is 0.232 e. The lowest BCUT2D eigenvalue weighted by Gasteiger charge is -1.97. The number of halogens is 1. The SMILES string of the molecule is C=NCc1nc(C#N)c2c(n1)oc1ccc(Br)cc12. The third-order valence-electron chi connectivity index (χ3n) is 2.70. The molecule has 0 amide bonds. The smallest absolute Gasteiger partial charge is 0.232 e. The number of furan rings is 1. The average Bonchev–Trinajstić information content (AvgIpc) is 2.76. The van der Waals surface area contributed by atoms with Gasteiger partial charge in [0.25, 0.3) is 0 Å². The molecule has 0 spiro atoms. The van der Waals surface area contributed by atoms with E-state index < -0.39 is 0 Å². The summed E-state index contributed by atoms with van der Waals surface area (Å²) < 4.78 is 6.56. The molecule has 0 aliphatic carbocycles. The lowest BCUT2D eigenvalue weighted by molar-refractivity contribution is 0.648. The van der Waals surface area contributed by atoms with Crippen LogP contribution in [0, 0.1) is 11.3 Å². The second-order valence-corrected chi connectivity index (χ2v) is 4.82. The van der Waals surface area contributed by atoms with Crippen molar-refractivity contribution < 1.29 is 4.42 Å². The molecule has 0 atom stereocenters. The number of aromatic nitrogens is 2. The first-order valence-corrected chi connectivity index (χ1v) is 6.23. The molecule has 0 unspecified atom stereocenters. The molecule has 19 heavy (non-hydrogen) atoms. The van der Waals surface area contributed by atoms with Crippen molar-refractivity contribution in [1.82, 2.24) is 9.97 Å². The summed E-state index contributed by atoms with van der Waals surface area (Å²) in [5, 5.41) is 10.7. The summed E-state index contributed by atoms with van der Waals surface area (Å²) in [7, 11) is 0. The molecule has 0 N–H and O–H groups in total. The molecule has 2 heterocycles. The van der Waals surface area contributed by atoms with Gasteiger partial charge in [-0.1, -0.05) is 15.9 Å². The highest BCUT2D eigenvalue weighted by Gasteiger charge is 2.15. The highest BCUT2D eigenvalue weighted by atomic mass is 79.9. The number of fused-ring (bicyclic) bond motifs is 3. The van der Waals surface area contributed by atoms with Gasteiger partial charge in [-0.2, -0.15) is 10.2 Å². The molecule has 0 aliphatic heterocycles. The van der Waals surface area contributed by atoms with Crippen LogP contribution < -0.4 is 0 Å². The molecule has 1 aromatic carbocycles. The van der Waals surface area contributed by atoms with E-state index in [1.54, 1.807) is 0 Å². The van der Waals surface area contributed by atoms with Crippen LogP contribution in [0.2, 0.25) is 0 Å². The fourth-order valence-electron chi connectivity index (χ4n) is 1.94. The predicted octanol–water partition coefficient (Wildman–Crippen LogP) is 3.21. The van der Waals surface area contributed by atoms with Gasteiger partial charge in [0.2, 0.25) is 5.71 Å². The number of benzene rings is 1. The van der Waals surface area contributed by atoms with Gasteiger partial charge in [-0.25, -0.2) is 4.98 Å². The quantitative estimate of drug-likeness (QED) is 0.681. The second kappa shape index (κ2) is 4.44. The maximum atomic E-state index is 9.24. The van der Waals surface area contributed by atoms with Crippen molar-refractivity contribution in [1.29, 1.82) is 5.26 Å². The predicted molar refractivity (Wildman–Crippen MR) is 75.0 cm³/mol. The Hall–Kier alpha value is -2.26. The molecule has 3 aromatic rings. The van der Waals surface area contributed by atoms with E-state index in [9.17, 15) is 5.26 Å². The van der Waals surface area contributed by atoms with Crippen molar-refractivity contribution in [3.05, 3.63) is 34.2 Å². The van der Waals surface area contributed by atoms with Crippen LogP contribution in [-0.4, -0.2) is 16.7 Å². The largest absolute Gasteiger partial charge is 0.438 e. The molecule has 0 fully saturated rings. The van der Waals surface area contributed by atoms with Gasteiger partial charge < -0.3 is 4.42 Å². The molecule has 5 nitrogen and oxygen atoms in total. The number of nitrogens with zero attached hydrogens (tertiary/aromatic N) is 4. The van der Waals surface area contributed by atoms with Gasteiger partial charge in [0.1, 0.15) is 11.7 Å². The Balaban J connectivity index is 2.44. The summed E-state index contributed by atoms with van der Waals surface area (Å²) in [5.74, 6) is 0.428. The Kier molecular flexibility index (Phi) is 2.76. The fourth-order valence-corrected chi connectivity index (χ4v) is 2.30. The van der Waals surface area contributed by atoms with Crippen molar-refractivity contribution in [2.45, 2.75) is 6.54 Å². The van der Waals surface area contributed by atoms with Crippen LogP contribution in [0.3, 0.4) is 0 Å². The molecule has 0 saturated heterocycles. The van der Waals surface area contributed by atoms with Gasteiger partial charge in [-0.05, 0) is 24.9 Å². The summed E-state index contributed by atoms with van der Waals surface area (Å²) in [5.41, 5.74) is 1.37. The summed E-state index contributed by atoms with van der Waals surface area (Å²) in [6, 6.07) is 7.66. The zero-order chi connectivity index (χ0) is 13.4. The van der Waals surface area contributed by atoms with Gasteiger partial charge >= 0.3 is 0 Å². The zero-order valence-electron chi connectivity index (χ0n) is 9.72. The van der Waals surface area contributed by atoms with Crippen LogP contribution >= 0.6 is 15.9 Å². The third-order valence-corrected chi connectivity index (χ3v) is 3.19. The van der Waals surface area contributed by atoms with E-state index >= 15 is 0 Å². The normalized spacial score (nSPS) is 10.7. The van der Waals surface area contributed by atoms with E-state index in [2.05, 4.69) is 43.7 Å². The van der Waals surface area contributed by atoms with Crippen molar-refractivity contribution >= 4 is 44.7 Å². The van der Waals surface area contributed by atoms with Crippen molar-refractivity contribution in [2.75, 3.05) is 0 Å². The fraction of sp³-hybridized carbons (Fsp3) is 0.0769. The van der Waals surface area contributed by atoms with E-state index in [4.69, 9.17) is 4.42 Å². The zero-order valence-corrected chi connectivity index (χ0v) is 11.3. The van der Waals surface area contributed by atoms with Crippen LogP contribution in [0.1, 0.15) is 11.5 Å².